The molecule has 5 nitrogen and oxygen atoms in total. The molecule has 0 aromatic heterocycles. The van der Waals surface area contributed by atoms with Crippen LogP contribution in [0.2, 0.25) is 0 Å². The van der Waals surface area contributed by atoms with Crippen LogP contribution in [0.3, 0.4) is 0 Å². The zero-order valence-corrected chi connectivity index (χ0v) is 10.5. The van der Waals surface area contributed by atoms with E-state index in [0.29, 0.717) is 5.69 Å². The van der Waals surface area contributed by atoms with Crippen molar-refractivity contribution in [3.63, 3.8) is 0 Å². The molecule has 1 unspecified atom stereocenters. The second-order valence-electron chi connectivity index (χ2n) is 4.37. The number of anilines is 1. The molecule has 1 atom stereocenters. The van der Waals surface area contributed by atoms with Gasteiger partial charge >= 0.3 is 0 Å². The SMILES string of the molecule is CC(N)c1ccccc1NS(=O)(=O)NC1CC1. The molecule has 0 heterocycles. The summed E-state index contributed by atoms with van der Waals surface area (Å²) in [4.78, 5) is 0. The van der Waals surface area contributed by atoms with Crippen LogP contribution in [0, 0.1) is 0 Å². The van der Waals surface area contributed by atoms with Gasteiger partial charge in [0.05, 0.1) is 5.69 Å². The molecule has 1 saturated carbocycles. The zero-order chi connectivity index (χ0) is 12.5. The smallest absolute Gasteiger partial charge is 0.299 e. The van der Waals surface area contributed by atoms with Crippen molar-refractivity contribution in [2.45, 2.75) is 31.8 Å². The van der Waals surface area contributed by atoms with Crippen molar-refractivity contribution in [2.24, 2.45) is 5.73 Å². The predicted molar refractivity (Wildman–Crippen MR) is 67.7 cm³/mol. The molecule has 1 fully saturated rings. The van der Waals surface area contributed by atoms with E-state index in [0.717, 1.165) is 18.4 Å². The molecule has 1 aromatic rings. The molecule has 0 spiro atoms. The lowest BCUT2D eigenvalue weighted by atomic mass is 10.1. The van der Waals surface area contributed by atoms with E-state index >= 15 is 0 Å². The van der Waals surface area contributed by atoms with Gasteiger partial charge in [0.15, 0.2) is 0 Å². The van der Waals surface area contributed by atoms with Gasteiger partial charge in [-0.2, -0.15) is 13.1 Å². The van der Waals surface area contributed by atoms with Crippen molar-refractivity contribution in [1.29, 1.82) is 0 Å². The fourth-order valence-corrected chi connectivity index (χ4v) is 2.79. The summed E-state index contributed by atoms with van der Waals surface area (Å²) in [5.74, 6) is 0. The van der Waals surface area contributed by atoms with Gasteiger partial charge in [0.1, 0.15) is 0 Å². The Balaban J connectivity index is 2.17. The molecule has 1 aliphatic carbocycles. The summed E-state index contributed by atoms with van der Waals surface area (Å²) in [5, 5.41) is 0. The Labute approximate surface area is 102 Å². The normalized spacial score (nSPS) is 17.8. The average molecular weight is 255 g/mol. The first-order chi connectivity index (χ1) is 7.98. The Bertz CT molecular complexity index is 495. The first-order valence-electron chi connectivity index (χ1n) is 5.62. The van der Waals surface area contributed by atoms with E-state index in [4.69, 9.17) is 5.73 Å². The largest absolute Gasteiger partial charge is 0.324 e. The molecular weight excluding hydrogens is 238 g/mol. The van der Waals surface area contributed by atoms with Crippen LogP contribution in [0.5, 0.6) is 0 Å². The van der Waals surface area contributed by atoms with Crippen LogP contribution in [0.1, 0.15) is 31.4 Å². The van der Waals surface area contributed by atoms with E-state index in [1.165, 1.54) is 0 Å². The van der Waals surface area contributed by atoms with Crippen LogP contribution in [-0.2, 0) is 10.2 Å². The summed E-state index contributed by atoms with van der Waals surface area (Å²) in [5.41, 5.74) is 7.12. The highest BCUT2D eigenvalue weighted by molar-refractivity contribution is 7.90. The van der Waals surface area contributed by atoms with Crippen molar-refractivity contribution < 1.29 is 8.42 Å². The van der Waals surface area contributed by atoms with Crippen LogP contribution in [0.4, 0.5) is 5.69 Å². The molecule has 6 heteroatoms. The lowest BCUT2D eigenvalue weighted by molar-refractivity contribution is 0.586. The molecule has 2 rings (SSSR count). The second kappa shape index (κ2) is 4.64. The fraction of sp³-hybridized carbons (Fsp3) is 0.455. The molecule has 94 valence electrons. The zero-order valence-electron chi connectivity index (χ0n) is 9.68. The minimum absolute atomic E-state index is 0.0926. The van der Waals surface area contributed by atoms with Crippen molar-refractivity contribution in [3.8, 4) is 0 Å². The third-order valence-corrected chi connectivity index (χ3v) is 3.73. The number of benzene rings is 1. The quantitative estimate of drug-likeness (QED) is 0.737. The molecule has 4 N–H and O–H groups in total. The Morgan fingerprint density at radius 2 is 2.00 bits per heavy atom. The maximum atomic E-state index is 11.8. The van der Waals surface area contributed by atoms with E-state index in [9.17, 15) is 8.42 Å². The standard InChI is InChI=1S/C11H17N3O2S/c1-8(12)10-4-2-3-5-11(10)14-17(15,16)13-9-6-7-9/h2-5,8-9,13-14H,6-7,12H2,1H3. The number of rotatable bonds is 5. The van der Waals surface area contributed by atoms with Gasteiger partial charge in [-0.15, -0.1) is 0 Å². The fourth-order valence-electron chi connectivity index (χ4n) is 1.58. The summed E-state index contributed by atoms with van der Waals surface area (Å²) in [6.07, 6.45) is 1.83. The van der Waals surface area contributed by atoms with Crippen molar-refractivity contribution in [1.82, 2.24) is 4.72 Å². The van der Waals surface area contributed by atoms with Crippen LogP contribution >= 0.6 is 0 Å². The number of nitrogens with two attached hydrogens (primary N) is 1. The van der Waals surface area contributed by atoms with E-state index < -0.39 is 10.2 Å². The monoisotopic (exact) mass is 255 g/mol. The maximum absolute atomic E-state index is 11.8. The van der Waals surface area contributed by atoms with Gasteiger partial charge in [0.2, 0.25) is 0 Å². The van der Waals surface area contributed by atoms with Crippen molar-refractivity contribution in [2.75, 3.05) is 4.72 Å². The van der Waals surface area contributed by atoms with Gasteiger partial charge in [0.25, 0.3) is 10.2 Å². The number of nitrogens with one attached hydrogen (secondary N) is 2. The van der Waals surface area contributed by atoms with Crippen molar-refractivity contribution in [3.05, 3.63) is 29.8 Å². The van der Waals surface area contributed by atoms with E-state index in [2.05, 4.69) is 9.44 Å². The first kappa shape index (κ1) is 12.3. The van der Waals surface area contributed by atoms with Crippen molar-refractivity contribution >= 4 is 15.9 Å². The third kappa shape index (κ3) is 3.42. The van der Waals surface area contributed by atoms with Gasteiger partial charge in [0, 0.05) is 12.1 Å². The van der Waals surface area contributed by atoms with E-state index in [1.54, 1.807) is 12.1 Å². The first-order valence-corrected chi connectivity index (χ1v) is 7.11. The molecule has 0 aliphatic heterocycles. The van der Waals surface area contributed by atoms with Gasteiger partial charge in [-0.25, -0.2) is 0 Å². The Hall–Kier alpha value is -1.11. The summed E-state index contributed by atoms with van der Waals surface area (Å²) < 4.78 is 28.6. The molecule has 1 aromatic carbocycles. The summed E-state index contributed by atoms with van der Waals surface area (Å²) in [6.45, 7) is 1.82. The minimum atomic E-state index is -3.48. The molecule has 0 saturated heterocycles. The maximum Gasteiger partial charge on any atom is 0.299 e. The number of hydrogen-bond donors (Lipinski definition) is 3. The molecule has 0 radical (unpaired) electrons. The Kier molecular flexibility index (Phi) is 3.37. The lowest BCUT2D eigenvalue weighted by Crippen LogP contribution is -2.32. The third-order valence-electron chi connectivity index (χ3n) is 2.59. The minimum Gasteiger partial charge on any atom is -0.324 e. The molecular formula is C11H17N3O2S. The van der Waals surface area contributed by atoms with Gasteiger partial charge in [-0.05, 0) is 31.4 Å². The highest BCUT2D eigenvalue weighted by Gasteiger charge is 2.27. The van der Waals surface area contributed by atoms with E-state index in [1.807, 2.05) is 19.1 Å². The van der Waals surface area contributed by atoms with Crippen LogP contribution < -0.4 is 15.2 Å². The van der Waals surface area contributed by atoms with Crippen LogP contribution in [0.15, 0.2) is 24.3 Å². The summed E-state index contributed by atoms with van der Waals surface area (Å²) in [6, 6.07) is 7.03. The second-order valence-corrected chi connectivity index (χ2v) is 5.82. The number of para-hydroxylation sites is 1. The summed E-state index contributed by atoms with van der Waals surface area (Å²) >= 11 is 0. The van der Waals surface area contributed by atoms with Gasteiger partial charge in [-0.3, -0.25) is 4.72 Å². The molecule has 0 bridgehead atoms. The lowest BCUT2D eigenvalue weighted by Gasteiger charge is -2.14. The number of hydrogen-bond acceptors (Lipinski definition) is 3. The predicted octanol–water partition coefficient (Wildman–Crippen LogP) is 1.12. The van der Waals surface area contributed by atoms with Crippen LogP contribution in [0.25, 0.3) is 0 Å². The van der Waals surface area contributed by atoms with Gasteiger partial charge < -0.3 is 5.73 Å². The van der Waals surface area contributed by atoms with Crippen LogP contribution in [-0.4, -0.2) is 14.5 Å². The van der Waals surface area contributed by atoms with Gasteiger partial charge in [-0.1, -0.05) is 18.2 Å². The molecule has 1 aliphatic rings. The Morgan fingerprint density at radius 3 is 2.59 bits per heavy atom. The molecule has 17 heavy (non-hydrogen) atoms. The average Bonchev–Trinajstić information content (AvgIpc) is 3.00. The highest BCUT2D eigenvalue weighted by Crippen LogP contribution is 2.23. The topological polar surface area (TPSA) is 84.2 Å². The van der Waals surface area contributed by atoms with E-state index in [-0.39, 0.29) is 12.1 Å². The molecule has 0 amide bonds. The Morgan fingerprint density at radius 1 is 1.35 bits per heavy atom. The highest BCUT2D eigenvalue weighted by atomic mass is 32.2. The summed E-state index contributed by atoms with van der Waals surface area (Å²) in [7, 11) is -3.48.